The molecule has 0 atom stereocenters. The van der Waals surface area contributed by atoms with Crippen molar-refractivity contribution >= 4 is 29.0 Å². The highest BCUT2D eigenvalue weighted by Gasteiger charge is 2.15. The fourth-order valence-electron chi connectivity index (χ4n) is 2.71. The van der Waals surface area contributed by atoms with Crippen LogP contribution in [0.5, 0.6) is 0 Å². The lowest BCUT2D eigenvalue weighted by Crippen LogP contribution is -2.18. The summed E-state index contributed by atoms with van der Waals surface area (Å²) in [6.45, 7) is 3.81. The number of fused-ring (bicyclic) bond motifs is 1. The van der Waals surface area contributed by atoms with Crippen molar-refractivity contribution in [3.63, 3.8) is 0 Å². The average molecular weight is 313 g/mol. The second kappa shape index (κ2) is 5.85. The number of hydrogen-bond acceptors (Lipinski definition) is 3. The molecule has 4 heteroatoms. The summed E-state index contributed by atoms with van der Waals surface area (Å²) in [4.78, 5) is 4.43. The van der Waals surface area contributed by atoms with Crippen molar-refractivity contribution < 1.29 is 4.42 Å². The van der Waals surface area contributed by atoms with Gasteiger partial charge in [0, 0.05) is 17.3 Å². The van der Waals surface area contributed by atoms with Crippen molar-refractivity contribution in [1.82, 2.24) is 5.32 Å². The molecule has 0 bridgehead atoms. The molecule has 0 saturated carbocycles. The topological polar surface area (TPSA) is 37.5 Å². The van der Waals surface area contributed by atoms with Gasteiger partial charge >= 0.3 is 0 Å². The maximum Gasteiger partial charge on any atom is 0.176 e. The number of nitrogens with zero attached hydrogens (tertiary/aromatic N) is 1. The Labute approximate surface area is 135 Å². The van der Waals surface area contributed by atoms with Crippen LogP contribution in [0.4, 0.5) is 0 Å². The van der Waals surface area contributed by atoms with E-state index < -0.39 is 0 Å². The minimum atomic E-state index is 0. The van der Waals surface area contributed by atoms with E-state index in [0.717, 1.165) is 35.5 Å². The fraction of sp³-hybridized carbons (Fsp3) is 0.167. The predicted molar refractivity (Wildman–Crippen MR) is 93.0 cm³/mol. The van der Waals surface area contributed by atoms with Gasteiger partial charge in [-0.2, -0.15) is 0 Å². The lowest BCUT2D eigenvalue weighted by molar-refractivity contribution is 0.560. The largest absolute Gasteiger partial charge is 0.460 e. The molecule has 0 amide bonds. The zero-order valence-electron chi connectivity index (χ0n) is 12.3. The van der Waals surface area contributed by atoms with E-state index in [1.807, 2.05) is 6.26 Å². The molecule has 0 aliphatic carbocycles. The van der Waals surface area contributed by atoms with Crippen LogP contribution in [0, 0.1) is 6.92 Å². The zero-order valence-corrected chi connectivity index (χ0v) is 13.1. The van der Waals surface area contributed by atoms with E-state index in [1.165, 1.54) is 16.7 Å². The molecular formula is C18H17ClN2O. The summed E-state index contributed by atoms with van der Waals surface area (Å²) in [5, 5.41) is 5.48. The van der Waals surface area contributed by atoms with E-state index in [4.69, 9.17) is 4.42 Å². The summed E-state index contributed by atoms with van der Waals surface area (Å²) in [7, 11) is 0. The van der Waals surface area contributed by atoms with Gasteiger partial charge in [0.1, 0.15) is 0 Å². The van der Waals surface area contributed by atoms with Crippen LogP contribution in [0.15, 0.2) is 58.1 Å². The summed E-state index contributed by atoms with van der Waals surface area (Å²) in [5.74, 6) is 1.71. The van der Waals surface area contributed by atoms with E-state index in [-0.39, 0.29) is 12.4 Å². The maximum atomic E-state index is 5.72. The highest BCUT2D eigenvalue weighted by Crippen LogP contribution is 2.28. The Morgan fingerprint density at radius 1 is 1.05 bits per heavy atom. The Balaban J connectivity index is 0.00000144. The van der Waals surface area contributed by atoms with Crippen molar-refractivity contribution in [1.29, 1.82) is 0 Å². The number of furan rings is 1. The molecule has 1 aliphatic rings. The molecule has 2 aromatic carbocycles. The first-order valence-corrected chi connectivity index (χ1v) is 7.18. The number of aliphatic imine (C=N–C) groups is 1. The molecule has 0 saturated heterocycles. The number of hydrogen-bond donors (Lipinski definition) is 1. The van der Waals surface area contributed by atoms with Gasteiger partial charge in [-0.3, -0.25) is 4.99 Å². The van der Waals surface area contributed by atoms with Crippen LogP contribution < -0.4 is 5.32 Å². The SMILES string of the molecule is Cc1ccc(-c2ccc3c(C4=NCCN4)occ3c2)cc1.Cl. The Morgan fingerprint density at radius 3 is 2.55 bits per heavy atom. The van der Waals surface area contributed by atoms with Gasteiger partial charge in [-0.25, -0.2) is 0 Å². The number of aryl methyl sites for hydroxylation is 1. The Morgan fingerprint density at radius 2 is 1.82 bits per heavy atom. The summed E-state index contributed by atoms with van der Waals surface area (Å²) in [5.41, 5.74) is 3.70. The highest BCUT2D eigenvalue weighted by atomic mass is 35.5. The molecule has 0 fully saturated rings. The molecule has 3 nitrogen and oxygen atoms in total. The molecule has 2 heterocycles. The van der Waals surface area contributed by atoms with E-state index in [2.05, 4.69) is 59.7 Å². The van der Waals surface area contributed by atoms with Crippen molar-refractivity contribution in [2.24, 2.45) is 4.99 Å². The Bertz CT molecular complexity index is 834. The molecule has 22 heavy (non-hydrogen) atoms. The Kier molecular flexibility index (Phi) is 3.90. The summed E-state index contributed by atoms with van der Waals surface area (Å²) >= 11 is 0. The quantitative estimate of drug-likeness (QED) is 0.771. The smallest absolute Gasteiger partial charge is 0.176 e. The number of halogens is 1. The molecule has 3 aromatic rings. The minimum Gasteiger partial charge on any atom is -0.460 e. The van der Waals surface area contributed by atoms with Crippen molar-refractivity contribution in [3.05, 3.63) is 60.1 Å². The molecule has 112 valence electrons. The van der Waals surface area contributed by atoms with Crippen LogP contribution >= 0.6 is 12.4 Å². The Hall–Kier alpha value is -2.26. The fourth-order valence-corrected chi connectivity index (χ4v) is 2.71. The van der Waals surface area contributed by atoms with Gasteiger partial charge in [-0.05, 0) is 30.2 Å². The van der Waals surface area contributed by atoms with Gasteiger partial charge in [0.25, 0.3) is 0 Å². The summed E-state index contributed by atoms with van der Waals surface area (Å²) < 4.78 is 5.72. The van der Waals surface area contributed by atoms with E-state index in [0.29, 0.717) is 0 Å². The molecule has 1 N–H and O–H groups in total. The summed E-state index contributed by atoms with van der Waals surface area (Å²) in [6.07, 6.45) is 1.81. The second-order valence-electron chi connectivity index (χ2n) is 5.39. The van der Waals surface area contributed by atoms with Crippen molar-refractivity contribution in [2.75, 3.05) is 13.1 Å². The van der Waals surface area contributed by atoms with Crippen LogP contribution in [0.25, 0.3) is 21.9 Å². The highest BCUT2D eigenvalue weighted by molar-refractivity contribution is 6.08. The normalized spacial score (nSPS) is 13.6. The standard InChI is InChI=1S/C18H16N2O.ClH/c1-12-2-4-13(5-3-12)14-6-7-16-15(10-14)11-21-17(16)18-19-8-9-20-18;/h2-7,10-11H,8-9H2,1H3,(H,19,20);1H. The third-order valence-electron chi connectivity index (χ3n) is 3.87. The molecule has 0 radical (unpaired) electrons. The van der Waals surface area contributed by atoms with Crippen LogP contribution in [0.2, 0.25) is 0 Å². The maximum absolute atomic E-state index is 5.72. The molecular weight excluding hydrogens is 296 g/mol. The first kappa shape index (κ1) is 14.7. The average Bonchev–Trinajstić information content (AvgIpc) is 3.16. The molecule has 1 aliphatic heterocycles. The van der Waals surface area contributed by atoms with Crippen LogP contribution in [-0.4, -0.2) is 18.9 Å². The number of benzene rings is 2. The van der Waals surface area contributed by atoms with E-state index in [9.17, 15) is 0 Å². The van der Waals surface area contributed by atoms with Gasteiger partial charge in [0.05, 0.1) is 12.8 Å². The number of rotatable bonds is 2. The van der Waals surface area contributed by atoms with Gasteiger partial charge in [0.2, 0.25) is 0 Å². The minimum absolute atomic E-state index is 0. The van der Waals surface area contributed by atoms with Crippen molar-refractivity contribution in [2.45, 2.75) is 6.92 Å². The molecule has 0 spiro atoms. The second-order valence-corrected chi connectivity index (χ2v) is 5.39. The van der Waals surface area contributed by atoms with Gasteiger partial charge in [0.15, 0.2) is 11.6 Å². The third-order valence-corrected chi connectivity index (χ3v) is 3.87. The summed E-state index contributed by atoms with van der Waals surface area (Å²) in [6, 6.07) is 15.0. The number of amidine groups is 1. The molecule has 4 rings (SSSR count). The van der Waals surface area contributed by atoms with Crippen LogP contribution in [-0.2, 0) is 0 Å². The number of nitrogens with one attached hydrogen (secondary N) is 1. The van der Waals surface area contributed by atoms with E-state index >= 15 is 0 Å². The first-order valence-electron chi connectivity index (χ1n) is 7.18. The van der Waals surface area contributed by atoms with Crippen LogP contribution in [0.1, 0.15) is 11.3 Å². The predicted octanol–water partition coefficient (Wildman–Crippen LogP) is 4.18. The molecule has 1 aromatic heterocycles. The molecule has 0 unspecified atom stereocenters. The monoisotopic (exact) mass is 312 g/mol. The van der Waals surface area contributed by atoms with Gasteiger partial charge < -0.3 is 9.73 Å². The first-order chi connectivity index (χ1) is 10.3. The zero-order chi connectivity index (χ0) is 14.2. The van der Waals surface area contributed by atoms with Gasteiger partial charge in [-0.1, -0.05) is 35.9 Å². The lowest BCUT2D eigenvalue weighted by atomic mass is 10.0. The van der Waals surface area contributed by atoms with E-state index in [1.54, 1.807) is 0 Å². The third kappa shape index (κ3) is 2.48. The van der Waals surface area contributed by atoms with Crippen LogP contribution in [0.3, 0.4) is 0 Å². The van der Waals surface area contributed by atoms with Crippen molar-refractivity contribution in [3.8, 4) is 11.1 Å². The lowest BCUT2D eigenvalue weighted by Gasteiger charge is -2.03. The van der Waals surface area contributed by atoms with Gasteiger partial charge in [-0.15, -0.1) is 12.4 Å².